The molecule has 1 saturated heterocycles. The van der Waals surface area contributed by atoms with Crippen molar-refractivity contribution in [2.75, 3.05) is 47.5 Å². The molecule has 2 aliphatic rings. The molecule has 0 radical (unpaired) electrons. The molecule has 0 N–H and O–H groups in total. The highest BCUT2D eigenvalue weighted by Gasteiger charge is 2.39. The number of rotatable bonds is 6. The number of benzene rings is 1. The van der Waals surface area contributed by atoms with Gasteiger partial charge < -0.3 is 19.1 Å². The Morgan fingerprint density at radius 2 is 1.59 bits per heavy atom. The summed E-state index contributed by atoms with van der Waals surface area (Å²) >= 11 is 0. The van der Waals surface area contributed by atoms with Gasteiger partial charge in [0.05, 0.1) is 21.3 Å². The van der Waals surface area contributed by atoms with Crippen LogP contribution in [0, 0.1) is 5.41 Å². The van der Waals surface area contributed by atoms with Gasteiger partial charge in [0.15, 0.2) is 11.5 Å². The number of carbonyl (C=O) groups excluding carboxylic acids is 1. The second kappa shape index (κ2) is 8.38. The van der Waals surface area contributed by atoms with Crippen molar-refractivity contribution in [3.05, 3.63) is 17.7 Å². The number of amides is 1. The molecule has 1 saturated carbocycles. The zero-order valence-electron chi connectivity index (χ0n) is 17.0. The molecular weight excluding hydrogens is 344 g/mol. The van der Waals surface area contributed by atoms with Gasteiger partial charge in [-0.05, 0) is 18.9 Å². The van der Waals surface area contributed by atoms with Crippen LogP contribution < -0.4 is 14.2 Å². The molecule has 0 aromatic heterocycles. The van der Waals surface area contributed by atoms with E-state index in [0.717, 1.165) is 51.1 Å². The third kappa shape index (κ3) is 4.00. The SMILES string of the molecule is COc1ccc(CN2CCN(C(=O)C3(C)CCCC3)CC2)c(OC)c1OC. The van der Waals surface area contributed by atoms with Crippen LogP contribution in [0.2, 0.25) is 0 Å². The summed E-state index contributed by atoms with van der Waals surface area (Å²) in [5.74, 6) is 2.36. The molecule has 1 heterocycles. The van der Waals surface area contributed by atoms with Gasteiger partial charge in [-0.25, -0.2) is 0 Å². The lowest BCUT2D eigenvalue weighted by molar-refractivity contribution is -0.142. The van der Waals surface area contributed by atoms with Crippen LogP contribution in [-0.4, -0.2) is 63.2 Å². The zero-order chi connectivity index (χ0) is 19.4. The van der Waals surface area contributed by atoms with Crippen LogP contribution in [-0.2, 0) is 11.3 Å². The molecule has 6 nitrogen and oxygen atoms in total. The molecule has 1 aliphatic heterocycles. The van der Waals surface area contributed by atoms with Crippen LogP contribution in [0.3, 0.4) is 0 Å². The first kappa shape index (κ1) is 19.8. The number of piperazine rings is 1. The highest BCUT2D eigenvalue weighted by atomic mass is 16.5. The van der Waals surface area contributed by atoms with Crippen molar-refractivity contribution < 1.29 is 19.0 Å². The molecule has 0 spiro atoms. The first-order valence-corrected chi connectivity index (χ1v) is 9.82. The Morgan fingerprint density at radius 1 is 0.963 bits per heavy atom. The van der Waals surface area contributed by atoms with Gasteiger partial charge in [0.2, 0.25) is 11.7 Å². The summed E-state index contributed by atoms with van der Waals surface area (Å²) in [7, 11) is 4.90. The Balaban J connectivity index is 1.63. The van der Waals surface area contributed by atoms with Crippen molar-refractivity contribution in [2.45, 2.75) is 39.2 Å². The van der Waals surface area contributed by atoms with Gasteiger partial charge in [0, 0.05) is 43.7 Å². The van der Waals surface area contributed by atoms with Crippen molar-refractivity contribution in [1.29, 1.82) is 0 Å². The number of nitrogens with zero attached hydrogens (tertiary/aromatic N) is 2. The van der Waals surface area contributed by atoms with E-state index in [-0.39, 0.29) is 5.41 Å². The topological polar surface area (TPSA) is 51.2 Å². The number of ether oxygens (including phenoxy) is 3. The normalized spacial score (nSPS) is 19.8. The first-order chi connectivity index (χ1) is 13.0. The van der Waals surface area contributed by atoms with Gasteiger partial charge in [0.25, 0.3) is 0 Å². The molecule has 0 unspecified atom stereocenters. The first-order valence-electron chi connectivity index (χ1n) is 9.82. The largest absolute Gasteiger partial charge is 0.493 e. The number of hydrogen-bond donors (Lipinski definition) is 0. The number of carbonyl (C=O) groups is 1. The average Bonchev–Trinajstić information content (AvgIpc) is 3.15. The van der Waals surface area contributed by atoms with Crippen molar-refractivity contribution >= 4 is 5.91 Å². The standard InChI is InChI=1S/C21H32N2O4/c1-21(9-5-6-10-21)20(24)23-13-11-22(12-14-23)15-16-7-8-17(25-2)19(27-4)18(16)26-3/h7-8H,5-6,9-15H2,1-4H3. The third-order valence-corrected chi connectivity index (χ3v) is 6.06. The maximum Gasteiger partial charge on any atom is 0.228 e. The molecule has 0 atom stereocenters. The van der Waals surface area contributed by atoms with Crippen molar-refractivity contribution in [2.24, 2.45) is 5.41 Å². The van der Waals surface area contributed by atoms with Crippen LogP contribution in [0.5, 0.6) is 17.2 Å². The number of hydrogen-bond acceptors (Lipinski definition) is 5. The highest BCUT2D eigenvalue weighted by Crippen LogP contribution is 2.41. The summed E-state index contributed by atoms with van der Waals surface area (Å²) in [5, 5.41) is 0. The quantitative estimate of drug-likeness (QED) is 0.764. The van der Waals surface area contributed by atoms with Crippen LogP contribution in [0.1, 0.15) is 38.2 Å². The van der Waals surface area contributed by atoms with Crippen molar-refractivity contribution in [3.8, 4) is 17.2 Å². The Morgan fingerprint density at radius 3 is 2.15 bits per heavy atom. The maximum absolute atomic E-state index is 12.9. The van der Waals surface area contributed by atoms with Crippen molar-refractivity contribution in [1.82, 2.24) is 9.80 Å². The predicted molar refractivity (Wildman–Crippen MR) is 105 cm³/mol. The lowest BCUT2D eigenvalue weighted by Gasteiger charge is -2.38. The molecule has 2 fully saturated rings. The van der Waals surface area contributed by atoms with Crippen molar-refractivity contribution in [3.63, 3.8) is 0 Å². The Bertz CT molecular complexity index is 662. The summed E-state index contributed by atoms with van der Waals surface area (Å²) in [6.45, 7) is 6.25. The molecule has 1 aromatic carbocycles. The molecule has 1 aromatic rings. The average molecular weight is 376 g/mol. The Hall–Kier alpha value is -1.95. The molecule has 0 bridgehead atoms. The molecule has 150 valence electrons. The fourth-order valence-corrected chi connectivity index (χ4v) is 4.39. The fraction of sp³-hybridized carbons (Fsp3) is 0.667. The van der Waals surface area contributed by atoms with E-state index in [1.54, 1.807) is 21.3 Å². The summed E-state index contributed by atoms with van der Waals surface area (Å²) in [4.78, 5) is 17.3. The third-order valence-electron chi connectivity index (χ3n) is 6.06. The van der Waals surface area contributed by atoms with Gasteiger partial charge in [0.1, 0.15) is 0 Å². The van der Waals surface area contributed by atoms with Crippen LogP contribution in [0.25, 0.3) is 0 Å². The summed E-state index contributed by atoms with van der Waals surface area (Å²) in [6.07, 6.45) is 4.44. The Labute approximate surface area is 162 Å². The van der Waals surface area contributed by atoms with E-state index in [9.17, 15) is 4.79 Å². The second-order valence-electron chi connectivity index (χ2n) is 7.83. The zero-order valence-corrected chi connectivity index (χ0v) is 17.0. The fourth-order valence-electron chi connectivity index (χ4n) is 4.39. The van der Waals surface area contributed by atoms with E-state index in [2.05, 4.69) is 16.7 Å². The van der Waals surface area contributed by atoms with E-state index in [1.807, 2.05) is 12.1 Å². The maximum atomic E-state index is 12.9. The molecule has 1 aliphatic carbocycles. The molecule has 27 heavy (non-hydrogen) atoms. The predicted octanol–water partition coefficient (Wildman–Crippen LogP) is 2.94. The van der Waals surface area contributed by atoms with Gasteiger partial charge in [-0.1, -0.05) is 25.8 Å². The molecular formula is C21H32N2O4. The van der Waals surface area contributed by atoms with Gasteiger partial charge in [-0.2, -0.15) is 0 Å². The summed E-state index contributed by atoms with van der Waals surface area (Å²) in [5.41, 5.74) is 0.937. The van der Waals surface area contributed by atoms with Gasteiger partial charge in [-0.3, -0.25) is 9.69 Å². The van der Waals surface area contributed by atoms with Crippen LogP contribution >= 0.6 is 0 Å². The highest BCUT2D eigenvalue weighted by molar-refractivity contribution is 5.82. The molecule has 1 amide bonds. The van der Waals surface area contributed by atoms with Crippen LogP contribution in [0.15, 0.2) is 12.1 Å². The lowest BCUT2D eigenvalue weighted by atomic mass is 9.87. The number of methoxy groups -OCH3 is 3. The van der Waals surface area contributed by atoms with Gasteiger partial charge in [-0.15, -0.1) is 0 Å². The molecule has 3 rings (SSSR count). The lowest BCUT2D eigenvalue weighted by Crippen LogP contribution is -2.51. The smallest absolute Gasteiger partial charge is 0.228 e. The Kier molecular flexibility index (Phi) is 6.15. The minimum atomic E-state index is -0.130. The summed E-state index contributed by atoms with van der Waals surface area (Å²) in [6, 6.07) is 3.94. The summed E-state index contributed by atoms with van der Waals surface area (Å²) < 4.78 is 16.4. The monoisotopic (exact) mass is 376 g/mol. The van der Waals surface area contributed by atoms with E-state index >= 15 is 0 Å². The van der Waals surface area contributed by atoms with Gasteiger partial charge >= 0.3 is 0 Å². The second-order valence-corrected chi connectivity index (χ2v) is 7.83. The van der Waals surface area contributed by atoms with E-state index in [4.69, 9.17) is 14.2 Å². The van der Waals surface area contributed by atoms with E-state index < -0.39 is 0 Å². The van der Waals surface area contributed by atoms with E-state index in [0.29, 0.717) is 23.2 Å². The minimum absolute atomic E-state index is 0.130. The minimum Gasteiger partial charge on any atom is -0.493 e. The van der Waals surface area contributed by atoms with Crippen LogP contribution in [0.4, 0.5) is 0 Å². The molecule has 6 heteroatoms. The van der Waals surface area contributed by atoms with E-state index in [1.165, 1.54) is 12.8 Å².